The van der Waals surface area contributed by atoms with Crippen molar-refractivity contribution in [2.45, 2.75) is 89.9 Å². The van der Waals surface area contributed by atoms with Gasteiger partial charge in [-0.1, -0.05) is 0 Å². The maximum absolute atomic E-state index is 16.8. The number of carbonyl (C=O) groups excluding carboxylic acids is 1. The minimum Gasteiger partial charge on any atom is -0.454 e. The second-order valence-electron chi connectivity index (χ2n) is 13.8. The molecule has 2 bridgehead atoms. The highest BCUT2D eigenvalue weighted by molar-refractivity contribution is 5.99. The summed E-state index contributed by atoms with van der Waals surface area (Å²) in [5, 5.41) is 5.01. The summed E-state index contributed by atoms with van der Waals surface area (Å²) >= 11 is 0. The van der Waals surface area contributed by atoms with Crippen LogP contribution in [0.15, 0.2) is 18.5 Å². The van der Waals surface area contributed by atoms with E-state index in [-0.39, 0.29) is 58.7 Å². The van der Waals surface area contributed by atoms with Gasteiger partial charge in [0.15, 0.2) is 18.7 Å². The molecule has 3 aromatic heterocycles. The molecular formula is C33H36F5N7O4. The third-order valence-corrected chi connectivity index (χ3v) is 9.16. The number of pyridine rings is 1. The third-order valence-electron chi connectivity index (χ3n) is 9.16. The van der Waals surface area contributed by atoms with Crippen LogP contribution in [0.5, 0.6) is 6.01 Å². The summed E-state index contributed by atoms with van der Waals surface area (Å²) < 4.78 is 89.9. The van der Waals surface area contributed by atoms with Crippen LogP contribution in [-0.2, 0) is 9.47 Å². The number of carbonyl (C=O) groups is 1. The number of aromatic nitrogens is 5. The number of anilines is 1. The first-order valence-corrected chi connectivity index (χ1v) is 16.3. The Kier molecular flexibility index (Phi) is 8.27. The molecule has 1 amide bonds. The summed E-state index contributed by atoms with van der Waals surface area (Å²) in [5.74, 6) is -1.48. The summed E-state index contributed by atoms with van der Waals surface area (Å²) in [7, 11) is 0. The molecule has 49 heavy (non-hydrogen) atoms. The van der Waals surface area contributed by atoms with Crippen molar-refractivity contribution in [2.24, 2.45) is 0 Å². The summed E-state index contributed by atoms with van der Waals surface area (Å²) in [6.07, 6.45) is 1.11. The van der Waals surface area contributed by atoms with Crippen LogP contribution in [0.25, 0.3) is 33.1 Å². The molecule has 0 radical (unpaired) electrons. The van der Waals surface area contributed by atoms with Crippen molar-refractivity contribution < 1.29 is 41.0 Å². The number of hydrogen-bond acceptors (Lipinski definition) is 9. The van der Waals surface area contributed by atoms with E-state index in [1.807, 2.05) is 0 Å². The number of nitrogens with zero attached hydrogens (tertiary/aromatic N) is 7. The predicted molar refractivity (Wildman–Crippen MR) is 168 cm³/mol. The molecule has 11 nitrogen and oxygen atoms in total. The van der Waals surface area contributed by atoms with Gasteiger partial charge >= 0.3 is 18.3 Å². The maximum atomic E-state index is 16.8. The Morgan fingerprint density at radius 1 is 1.02 bits per heavy atom. The lowest BCUT2D eigenvalue weighted by atomic mass is 9.99. The number of ether oxygens (including phenoxy) is 3. The smallest absolute Gasteiger partial charge is 0.422 e. The first-order chi connectivity index (χ1) is 23.2. The molecular weight excluding hydrogens is 653 g/mol. The molecule has 262 valence electrons. The topological polar surface area (TPSA) is 108 Å². The van der Waals surface area contributed by atoms with Gasteiger partial charge < -0.3 is 19.1 Å². The normalized spacial score (nSPS) is 21.5. The van der Waals surface area contributed by atoms with Gasteiger partial charge in [0.05, 0.1) is 29.2 Å². The summed E-state index contributed by atoms with van der Waals surface area (Å²) in [6.45, 7) is 6.19. The fourth-order valence-corrected chi connectivity index (χ4v) is 7.05. The highest BCUT2D eigenvalue weighted by Crippen LogP contribution is 2.41. The van der Waals surface area contributed by atoms with Crippen LogP contribution in [0.1, 0.15) is 64.7 Å². The van der Waals surface area contributed by atoms with Crippen molar-refractivity contribution in [1.82, 2.24) is 29.6 Å². The third kappa shape index (κ3) is 6.30. The van der Waals surface area contributed by atoms with E-state index in [1.165, 1.54) is 25.4 Å². The molecule has 7 rings (SSSR count). The summed E-state index contributed by atoms with van der Waals surface area (Å²) in [4.78, 5) is 29.3. The Hall–Kier alpha value is -4.34. The Balaban J connectivity index is 1.32. The zero-order chi connectivity index (χ0) is 34.8. The zero-order valence-corrected chi connectivity index (χ0v) is 27.5. The van der Waals surface area contributed by atoms with Crippen LogP contribution < -0.4 is 9.64 Å². The average Bonchev–Trinajstić information content (AvgIpc) is 3.57. The molecule has 3 unspecified atom stereocenters. The molecule has 3 saturated heterocycles. The fourth-order valence-electron chi connectivity index (χ4n) is 7.05. The lowest BCUT2D eigenvalue weighted by Crippen LogP contribution is -2.57. The van der Waals surface area contributed by atoms with Gasteiger partial charge in [0, 0.05) is 42.9 Å². The van der Waals surface area contributed by atoms with Crippen LogP contribution in [-0.4, -0.2) is 85.9 Å². The number of rotatable bonds is 5. The van der Waals surface area contributed by atoms with E-state index in [0.29, 0.717) is 36.8 Å². The Morgan fingerprint density at radius 2 is 1.76 bits per heavy atom. The van der Waals surface area contributed by atoms with E-state index < -0.39 is 48.4 Å². The van der Waals surface area contributed by atoms with Gasteiger partial charge in [-0.15, -0.1) is 0 Å². The van der Waals surface area contributed by atoms with Crippen LogP contribution >= 0.6 is 0 Å². The van der Waals surface area contributed by atoms with E-state index in [0.717, 1.165) is 12.8 Å². The van der Waals surface area contributed by atoms with Crippen molar-refractivity contribution in [3.8, 4) is 17.3 Å². The standard InChI is InChI=1S/C33H36F5N7O4/c1-17-22(34)11-23-20(13-40-45(23)24-7-5-6-10-47-24)25(17)28-26(35)27-21(12-39-28)29(42-30(41-27)48-16-33(36,37)38)43-14-18-8-9-19(15-43)44(18)31(46)49-32(2,3)4/h11-13,18-19,24H,5-10,14-16H2,1-4H3. The first kappa shape index (κ1) is 33.2. The Morgan fingerprint density at radius 3 is 2.41 bits per heavy atom. The van der Waals surface area contributed by atoms with Gasteiger partial charge in [-0.25, -0.2) is 18.3 Å². The summed E-state index contributed by atoms with van der Waals surface area (Å²) in [5.41, 5.74) is -0.648. The Bertz CT molecular complexity index is 1910. The molecule has 16 heteroatoms. The molecule has 1 aromatic carbocycles. The number of halogens is 5. The van der Waals surface area contributed by atoms with Gasteiger partial charge in [-0.2, -0.15) is 28.2 Å². The SMILES string of the molecule is Cc1c(F)cc2c(cnn2C2CCCCO2)c1-c1ncc2c(N3CC4CCC(C3)N4C(=O)OC(C)(C)C)nc(OCC(F)(F)F)nc2c1F. The van der Waals surface area contributed by atoms with E-state index in [1.54, 1.807) is 35.3 Å². The number of hydrogen-bond donors (Lipinski definition) is 0. The van der Waals surface area contributed by atoms with Crippen molar-refractivity contribution in [3.63, 3.8) is 0 Å². The lowest BCUT2D eigenvalue weighted by Gasteiger charge is -2.42. The molecule has 3 fully saturated rings. The minimum atomic E-state index is -4.70. The maximum Gasteiger partial charge on any atom is 0.422 e. The van der Waals surface area contributed by atoms with Gasteiger partial charge in [0.2, 0.25) is 0 Å². The highest BCUT2D eigenvalue weighted by atomic mass is 19.4. The monoisotopic (exact) mass is 689 g/mol. The minimum absolute atomic E-state index is 0.111. The van der Waals surface area contributed by atoms with Crippen molar-refractivity contribution in [3.05, 3.63) is 35.7 Å². The van der Waals surface area contributed by atoms with Crippen LogP contribution in [0.3, 0.4) is 0 Å². The van der Waals surface area contributed by atoms with Gasteiger partial charge in [-0.05, 0) is 65.4 Å². The second kappa shape index (κ2) is 12.2. The molecule has 3 atom stereocenters. The number of benzene rings is 1. The number of fused-ring (bicyclic) bond motifs is 4. The highest BCUT2D eigenvalue weighted by Gasteiger charge is 2.45. The second-order valence-corrected chi connectivity index (χ2v) is 13.8. The van der Waals surface area contributed by atoms with Crippen molar-refractivity contribution >= 4 is 33.7 Å². The van der Waals surface area contributed by atoms with E-state index in [2.05, 4.69) is 20.1 Å². The fraction of sp³-hybridized carbons (Fsp3) is 0.545. The van der Waals surface area contributed by atoms with E-state index in [4.69, 9.17) is 14.2 Å². The number of amides is 1. The lowest BCUT2D eigenvalue weighted by molar-refractivity contribution is -0.154. The molecule has 4 aromatic rings. The number of piperazine rings is 1. The van der Waals surface area contributed by atoms with Crippen molar-refractivity contribution in [1.29, 1.82) is 0 Å². The van der Waals surface area contributed by atoms with Gasteiger partial charge in [-0.3, -0.25) is 9.88 Å². The predicted octanol–water partition coefficient (Wildman–Crippen LogP) is 6.86. The van der Waals surface area contributed by atoms with E-state index >= 15 is 8.78 Å². The molecule has 6 heterocycles. The van der Waals surface area contributed by atoms with Crippen molar-refractivity contribution in [2.75, 3.05) is 31.2 Å². The van der Waals surface area contributed by atoms with E-state index in [9.17, 15) is 18.0 Å². The van der Waals surface area contributed by atoms with Crippen LogP contribution in [0, 0.1) is 18.6 Å². The molecule has 0 spiro atoms. The largest absolute Gasteiger partial charge is 0.454 e. The quantitative estimate of drug-likeness (QED) is 0.208. The average molecular weight is 690 g/mol. The Labute approximate surface area is 278 Å². The molecule has 0 saturated carbocycles. The van der Waals surface area contributed by atoms with Crippen LogP contribution in [0.2, 0.25) is 0 Å². The summed E-state index contributed by atoms with van der Waals surface area (Å²) in [6, 6.07) is 0.0969. The zero-order valence-electron chi connectivity index (χ0n) is 27.5. The van der Waals surface area contributed by atoms with Crippen LogP contribution in [0.4, 0.5) is 32.6 Å². The van der Waals surface area contributed by atoms with Gasteiger partial charge in [0.1, 0.15) is 28.4 Å². The first-order valence-electron chi connectivity index (χ1n) is 16.3. The molecule has 0 N–H and O–H groups in total. The molecule has 3 aliphatic heterocycles. The molecule has 3 aliphatic rings. The van der Waals surface area contributed by atoms with Gasteiger partial charge in [0.25, 0.3) is 0 Å². The molecule has 0 aliphatic carbocycles. The number of alkyl halides is 3.